The van der Waals surface area contributed by atoms with E-state index in [4.69, 9.17) is 4.74 Å². The molecule has 3 unspecified atom stereocenters. The summed E-state index contributed by atoms with van der Waals surface area (Å²) in [7, 11) is 1.85. The molecular weight excluding hydrogens is 222 g/mol. The molecule has 0 spiro atoms. The average molecular weight is 253 g/mol. The van der Waals surface area contributed by atoms with Gasteiger partial charge in [-0.2, -0.15) is 0 Å². The molecule has 0 amide bonds. The van der Waals surface area contributed by atoms with E-state index in [1.807, 2.05) is 7.11 Å². The molecule has 0 aromatic carbocycles. The Labute approximate surface area is 113 Å². The maximum absolute atomic E-state index is 5.47. The third kappa shape index (κ3) is 3.96. The highest BCUT2D eigenvalue weighted by Gasteiger charge is 2.36. The number of rotatable bonds is 5. The summed E-state index contributed by atoms with van der Waals surface area (Å²) in [6.07, 6.45) is 6.93. The minimum Gasteiger partial charge on any atom is -0.384 e. The minimum absolute atomic E-state index is 0.459. The van der Waals surface area contributed by atoms with Gasteiger partial charge in [-0.15, -0.1) is 0 Å². The Bertz CT molecular complexity index is 254. The van der Waals surface area contributed by atoms with Crippen molar-refractivity contribution >= 4 is 0 Å². The second kappa shape index (κ2) is 5.92. The Morgan fingerprint density at radius 2 is 1.78 bits per heavy atom. The van der Waals surface area contributed by atoms with E-state index in [0.717, 1.165) is 30.4 Å². The normalized spacial score (nSPS) is 33.7. The third-order valence-corrected chi connectivity index (χ3v) is 4.99. The largest absolute Gasteiger partial charge is 0.384 e. The van der Waals surface area contributed by atoms with Gasteiger partial charge in [0.25, 0.3) is 0 Å². The predicted octanol–water partition coefficient (Wildman–Crippen LogP) is 3.46. The fourth-order valence-electron chi connectivity index (χ4n) is 3.41. The first-order valence-electron chi connectivity index (χ1n) is 7.73. The zero-order valence-electron chi connectivity index (χ0n) is 12.7. The van der Waals surface area contributed by atoms with E-state index in [-0.39, 0.29) is 0 Å². The van der Waals surface area contributed by atoms with Gasteiger partial charge in [-0.1, -0.05) is 20.8 Å². The van der Waals surface area contributed by atoms with Crippen LogP contribution in [0.4, 0.5) is 0 Å². The number of ether oxygens (including phenoxy) is 1. The van der Waals surface area contributed by atoms with Crippen molar-refractivity contribution in [3.05, 3.63) is 0 Å². The van der Waals surface area contributed by atoms with Crippen LogP contribution in [0.2, 0.25) is 0 Å². The summed E-state index contributed by atoms with van der Waals surface area (Å²) in [5.74, 6) is 2.47. The van der Waals surface area contributed by atoms with Crippen molar-refractivity contribution in [3.63, 3.8) is 0 Å². The van der Waals surface area contributed by atoms with Crippen molar-refractivity contribution in [2.75, 3.05) is 20.3 Å². The van der Waals surface area contributed by atoms with Gasteiger partial charge in [-0.05, 0) is 61.8 Å². The van der Waals surface area contributed by atoms with Gasteiger partial charge in [0.15, 0.2) is 0 Å². The van der Waals surface area contributed by atoms with Crippen molar-refractivity contribution < 1.29 is 4.74 Å². The molecule has 0 radical (unpaired) electrons. The molecule has 1 N–H and O–H groups in total. The summed E-state index contributed by atoms with van der Waals surface area (Å²) >= 11 is 0. The Balaban J connectivity index is 1.86. The van der Waals surface area contributed by atoms with E-state index in [9.17, 15) is 0 Å². The van der Waals surface area contributed by atoms with Gasteiger partial charge in [0, 0.05) is 19.8 Å². The lowest BCUT2D eigenvalue weighted by molar-refractivity contribution is 0.0418. The molecule has 2 aliphatic carbocycles. The molecule has 2 heteroatoms. The molecule has 106 valence electrons. The van der Waals surface area contributed by atoms with Crippen molar-refractivity contribution in [1.82, 2.24) is 5.32 Å². The van der Waals surface area contributed by atoms with Crippen LogP contribution in [0.1, 0.15) is 52.9 Å². The van der Waals surface area contributed by atoms with Crippen molar-refractivity contribution in [1.29, 1.82) is 0 Å². The zero-order valence-corrected chi connectivity index (χ0v) is 12.7. The standard InChI is InChI=1S/C16H31NO/c1-16(2,3)14-6-5-12(10-17-15-7-8-15)13(9-14)11-18-4/h12-15,17H,5-11H2,1-4H3. The second-order valence-corrected chi connectivity index (χ2v) is 7.53. The number of nitrogens with one attached hydrogen (secondary N) is 1. The van der Waals surface area contributed by atoms with Crippen LogP contribution in [-0.4, -0.2) is 26.3 Å². The molecule has 2 nitrogen and oxygen atoms in total. The zero-order chi connectivity index (χ0) is 13.2. The van der Waals surface area contributed by atoms with E-state index < -0.39 is 0 Å². The number of methoxy groups -OCH3 is 1. The summed E-state index contributed by atoms with van der Waals surface area (Å²) in [4.78, 5) is 0. The fraction of sp³-hybridized carbons (Fsp3) is 1.00. The number of hydrogen-bond donors (Lipinski definition) is 1. The van der Waals surface area contributed by atoms with E-state index in [1.165, 1.54) is 38.6 Å². The summed E-state index contributed by atoms with van der Waals surface area (Å²) in [6, 6.07) is 0.841. The molecule has 18 heavy (non-hydrogen) atoms. The van der Waals surface area contributed by atoms with Crippen molar-refractivity contribution in [2.45, 2.75) is 58.9 Å². The molecule has 0 aliphatic heterocycles. The SMILES string of the molecule is COCC1CC(C(C)(C)C)CCC1CNC1CC1. The quantitative estimate of drug-likeness (QED) is 0.810. The molecule has 2 fully saturated rings. The summed E-state index contributed by atoms with van der Waals surface area (Å²) < 4.78 is 5.47. The van der Waals surface area contributed by atoms with Crippen LogP contribution in [-0.2, 0) is 4.74 Å². The van der Waals surface area contributed by atoms with Crippen LogP contribution in [0.25, 0.3) is 0 Å². The lowest BCUT2D eigenvalue weighted by Gasteiger charge is -2.42. The first-order chi connectivity index (χ1) is 8.50. The van der Waals surface area contributed by atoms with Gasteiger partial charge in [0.2, 0.25) is 0 Å². The average Bonchev–Trinajstić information content (AvgIpc) is 3.10. The summed E-state index contributed by atoms with van der Waals surface area (Å²) in [6.45, 7) is 9.35. The van der Waals surface area contributed by atoms with Crippen LogP contribution in [0.3, 0.4) is 0 Å². The molecule has 0 saturated heterocycles. The lowest BCUT2D eigenvalue weighted by Crippen LogP contribution is -2.38. The minimum atomic E-state index is 0.459. The Hall–Kier alpha value is -0.0800. The van der Waals surface area contributed by atoms with Crippen LogP contribution in [0.15, 0.2) is 0 Å². The Morgan fingerprint density at radius 3 is 2.33 bits per heavy atom. The monoisotopic (exact) mass is 253 g/mol. The highest BCUT2D eigenvalue weighted by molar-refractivity contribution is 4.88. The molecule has 0 aromatic rings. The van der Waals surface area contributed by atoms with Gasteiger partial charge < -0.3 is 10.1 Å². The number of hydrogen-bond acceptors (Lipinski definition) is 2. The van der Waals surface area contributed by atoms with Crippen molar-refractivity contribution in [3.8, 4) is 0 Å². The van der Waals surface area contributed by atoms with E-state index in [0.29, 0.717) is 5.41 Å². The van der Waals surface area contributed by atoms with Crippen molar-refractivity contribution in [2.24, 2.45) is 23.2 Å². The van der Waals surface area contributed by atoms with Gasteiger partial charge in [-0.3, -0.25) is 0 Å². The van der Waals surface area contributed by atoms with Crippen LogP contribution in [0.5, 0.6) is 0 Å². The molecule has 0 aromatic heterocycles. The van der Waals surface area contributed by atoms with Crippen LogP contribution < -0.4 is 5.32 Å². The third-order valence-electron chi connectivity index (χ3n) is 4.99. The smallest absolute Gasteiger partial charge is 0.0493 e. The predicted molar refractivity (Wildman–Crippen MR) is 76.7 cm³/mol. The molecule has 0 heterocycles. The summed E-state index contributed by atoms with van der Waals surface area (Å²) in [5.41, 5.74) is 0.459. The maximum atomic E-state index is 5.47. The maximum Gasteiger partial charge on any atom is 0.0493 e. The van der Waals surface area contributed by atoms with Crippen LogP contribution >= 0.6 is 0 Å². The second-order valence-electron chi connectivity index (χ2n) is 7.53. The highest BCUT2D eigenvalue weighted by atomic mass is 16.5. The lowest BCUT2D eigenvalue weighted by atomic mass is 9.65. The van der Waals surface area contributed by atoms with E-state index in [2.05, 4.69) is 26.1 Å². The Kier molecular flexibility index (Phi) is 4.71. The fourth-order valence-corrected chi connectivity index (χ4v) is 3.41. The van der Waals surface area contributed by atoms with Gasteiger partial charge in [-0.25, -0.2) is 0 Å². The molecule has 2 saturated carbocycles. The Morgan fingerprint density at radius 1 is 1.06 bits per heavy atom. The molecule has 3 atom stereocenters. The van der Waals surface area contributed by atoms with Gasteiger partial charge >= 0.3 is 0 Å². The van der Waals surface area contributed by atoms with Gasteiger partial charge in [0.1, 0.15) is 0 Å². The van der Waals surface area contributed by atoms with Gasteiger partial charge in [0.05, 0.1) is 0 Å². The molecule has 2 rings (SSSR count). The van der Waals surface area contributed by atoms with Crippen LogP contribution in [0, 0.1) is 23.2 Å². The molecule has 2 aliphatic rings. The first kappa shape index (κ1) is 14.3. The first-order valence-corrected chi connectivity index (χ1v) is 7.73. The topological polar surface area (TPSA) is 21.3 Å². The highest BCUT2D eigenvalue weighted by Crippen LogP contribution is 2.42. The summed E-state index contributed by atoms with van der Waals surface area (Å²) in [5, 5.41) is 3.71. The molecular formula is C16H31NO. The van der Waals surface area contributed by atoms with E-state index in [1.54, 1.807) is 0 Å². The molecule has 0 bridgehead atoms. The van der Waals surface area contributed by atoms with E-state index >= 15 is 0 Å².